The van der Waals surface area contributed by atoms with Crippen LogP contribution in [0.4, 0.5) is 4.79 Å². The maximum Gasteiger partial charge on any atom is 0.407 e. The van der Waals surface area contributed by atoms with Crippen LogP contribution in [-0.2, 0) is 4.74 Å². The van der Waals surface area contributed by atoms with E-state index in [4.69, 9.17) is 10.00 Å². The molecule has 2 atom stereocenters. The fourth-order valence-electron chi connectivity index (χ4n) is 1.70. The summed E-state index contributed by atoms with van der Waals surface area (Å²) in [5.41, 5.74) is -0.472. The van der Waals surface area contributed by atoms with E-state index in [1.807, 2.05) is 32.5 Å². The fourth-order valence-corrected chi connectivity index (χ4v) is 2.94. The Balaban J connectivity index is 2.34. The highest BCUT2D eigenvalue weighted by molar-refractivity contribution is 7.99. The molecule has 5 heteroatoms. The second kappa shape index (κ2) is 6.15. The van der Waals surface area contributed by atoms with Gasteiger partial charge in [-0.05, 0) is 38.7 Å². The Kier molecular flexibility index (Phi) is 5.13. The minimum atomic E-state index is -0.472. The molecule has 0 radical (unpaired) electrons. The molecule has 0 aromatic heterocycles. The molecule has 0 spiro atoms. The normalized spacial score (nSPS) is 24.8. The van der Waals surface area contributed by atoms with E-state index in [0.29, 0.717) is 6.54 Å². The van der Waals surface area contributed by atoms with E-state index in [9.17, 15) is 4.79 Å². The van der Waals surface area contributed by atoms with Crippen molar-refractivity contribution in [2.45, 2.75) is 32.8 Å². The summed E-state index contributed by atoms with van der Waals surface area (Å²) in [6.45, 7) is 6.03. The zero-order valence-corrected chi connectivity index (χ0v) is 11.5. The minimum absolute atomic E-state index is 0.0613. The van der Waals surface area contributed by atoms with Gasteiger partial charge < -0.3 is 10.1 Å². The Hall–Kier alpha value is -0.890. The van der Waals surface area contributed by atoms with Crippen molar-refractivity contribution in [3.8, 4) is 6.07 Å². The number of rotatable bonds is 2. The van der Waals surface area contributed by atoms with E-state index >= 15 is 0 Å². The quantitative estimate of drug-likeness (QED) is 0.824. The number of nitrogens with zero attached hydrogens (tertiary/aromatic N) is 1. The molecule has 1 aliphatic rings. The molecule has 1 N–H and O–H groups in total. The first kappa shape index (κ1) is 14.2. The number of hydrogen-bond acceptors (Lipinski definition) is 4. The van der Waals surface area contributed by atoms with Crippen molar-refractivity contribution >= 4 is 17.9 Å². The summed E-state index contributed by atoms with van der Waals surface area (Å²) >= 11 is 1.84. The summed E-state index contributed by atoms with van der Waals surface area (Å²) in [7, 11) is 0. The lowest BCUT2D eigenvalue weighted by Gasteiger charge is -2.27. The zero-order valence-electron chi connectivity index (χ0n) is 10.7. The lowest BCUT2D eigenvalue weighted by atomic mass is 9.92. The summed E-state index contributed by atoms with van der Waals surface area (Å²) < 4.78 is 5.16. The molecule has 1 rings (SSSR count). The van der Waals surface area contributed by atoms with E-state index < -0.39 is 11.7 Å². The van der Waals surface area contributed by atoms with Crippen molar-refractivity contribution in [2.24, 2.45) is 11.8 Å². The molecule has 0 saturated carbocycles. The van der Waals surface area contributed by atoms with Gasteiger partial charge in [-0.25, -0.2) is 4.79 Å². The largest absolute Gasteiger partial charge is 0.444 e. The highest BCUT2D eigenvalue weighted by atomic mass is 32.2. The van der Waals surface area contributed by atoms with E-state index in [0.717, 1.165) is 17.9 Å². The SMILES string of the molecule is CC(C)(C)OC(=O)NC[C@@H]1CSCC[C@@H]1C#N. The van der Waals surface area contributed by atoms with Gasteiger partial charge in [-0.2, -0.15) is 17.0 Å². The average molecular weight is 256 g/mol. The first-order valence-electron chi connectivity index (χ1n) is 5.86. The maximum atomic E-state index is 11.5. The fraction of sp³-hybridized carbons (Fsp3) is 0.833. The van der Waals surface area contributed by atoms with Crippen LogP contribution in [0.25, 0.3) is 0 Å². The molecule has 0 aromatic carbocycles. The molecular formula is C12H20N2O2S. The Morgan fingerprint density at radius 3 is 2.88 bits per heavy atom. The number of carbonyl (C=O) groups excluding carboxylic acids is 1. The van der Waals surface area contributed by atoms with Crippen LogP contribution in [0.5, 0.6) is 0 Å². The molecule has 4 nitrogen and oxygen atoms in total. The summed E-state index contributed by atoms with van der Waals surface area (Å²) in [5.74, 6) is 2.28. The third-order valence-corrected chi connectivity index (χ3v) is 3.74. The van der Waals surface area contributed by atoms with Gasteiger partial charge in [0.05, 0.1) is 12.0 Å². The van der Waals surface area contributed by atoms with Gasteiger partial charge >= 0.3 is 6.09 Å². The summed E-state index contributed by atoms with van der Waals surface area (Å²) in [6, 6.07) is 2.32. The van der Waals surface area contributed by atoms with E-state index in [-0.39, 0.29) is 11.8 Å². The van der Waals surface area contributed by atoms with Gasteiger partial charge in [0.25, 0.3) is 0 Å². The van der Waals surface area contributed by atoms with E-state index in [1.54, 1.807) is 0 Å². The number of nitriles is 1. The second-order valence-electron chi connectivity index (χ2n) is 5.24. The van der Waals surface area contributed by atoms with Crippen LogP contribution < -0.4 is 5.32 Å². The molecule has 0 aromatic rings. The van der Waals surface area contributed by atoms with Crippen molar-refractivity contribution in [3.63, 3.8) is 0 Å². The van der Waals surface area contributed by atoms with Gasteiger partial charge in [0.2, 0.25) is 0 Å². The topological polar surface area (TPSA) is 62.1 Å². The summed E-state index contributed by atoms with van der Waals surface area (Å²) in [6.07, 6.45) is 0.520. The van der Waals surface area contributed by atoms with Gasteiger partial charge in [0, 0.05) is 12.5 Å². The van der Waals surface area contributed by atoms with Gasteiger partial charge in [-0.1, -0.05) is 0 Å². The molecule has 0 bridgehead atoms. The number of ether oxygens (including phenoxy) is 1. The smallest absolute Gasteiger partial charge is 0.407 e. The van der Waals surface area contributed by atoms with Crippen molar-refractivity contribution < 1.29 is 9.53 Å². The average Bonchev–Trinajstić information content (AvgIpc) is 2.24. The highest BCUT2D eigenvalue weighted by Crippen LogP contribution is 2.27. The van der Waals surface area contributed by atoms with Crippen LogP contribution in [0.15, 0.2) is 0 Å². The maximum absolute atomic E-state index is 11.5. The zero-order chi connectivity index (χ0) is 12.9. The van der Waals surface area contributed by atoms with Crippen LogP contribution in [0.1, 0.15) is 27.2 Å². The van der Waals surface area contributed by atoms with Gasteiger partial charge in [-0.3, -0.25) is 0 Å². The minimum Gasteiger partial charge on any atom is -0.444 e. The summed E-state index contributed by atoms with van der Waals surface area (Å²) in [5, 5.41) is 11.8. The first-order chi connectivity index (χ1) is 7.92. The lowest BCUT2D eigenvalue weighted by Crippen LogP contribution is -2.38. The van der Waals surface area contributed by atoms with Crippen LogP contribution in [0, 0.1) is 23.2 Å². The van der Waals surface area contributed by atoms with E-state index in [1.165, 1.54) is 0 Å². The Morgan fingerprint density at radius 2 is 2.29 bits per heavy atom. The van der Waals surface area contributed by atoms with Gasteiger partial charge in [-0.15, -0.1) is 0 Å². The molecule has 1 saturated heterocycles. The number of carbonyl (C=O) groups is 1. The molecule has 1 aliphatic heterocycles. The molecule has 1 heterocycles. The van der Waals surface area contributed by atoms with Crippen molar-refractivity contribution in [3.05, 3.63) is 0 Å². The number of hydrogen-bond donors (Lipinski definition) is 1. The van der Waals surface area contributed by atoms with Crippen molar-refractivity contribution in [1.82, 2.24) is 5.32 Å². The van der Waals surface area contributed by atoms with Crippen LogP contribution in [0.2, 0.25) is 0 Å². The van der Waals surface area contributed by atoms with Crippen LogP contribution in [-0.4, -0.2) is 29.7 Å². The second-order valence-corrected chi connectivity index (χ2v) is 6.39. The standard InChI is InChI=1S/C12H20N2O2S/c1-12(2,3)16-11(15)14-7-10-8-17-5-4-9(10)6-13/h9-10H,4-5,7-8H2,1-3H3,(H,14,15)/t9-,10-/m1/s1. The van der Waals surface area contributed by atoms with Gasteiger partial charge in [0.1, 0.15) is 5.60 Å². The molecule has 0 unspecified atom stereocenters. The van der Waals surface area contributed by atoms with Crippen molar-refractivity contribution in [1.29, 1.82) is 5.26 Å². The van der Waals surface area contributed by atoms with Gasteiger partial charge in [0.15, 0.2) is 0 Å². The molecule has 0 aliphatic carbocycles. The summed E-state index contributed by atoms with van der Waals surface area (Å²) in [4.78, 5) is 11.5. The number of alkyl carbamates (subject to hydrolysis) is 1. The predicted molar refractivity (Wildman–Crippen MR) is 68.8 cm³/mol. The molecule has 17 heavy (non-hydrogen) atoms. The Bertz CT molecular complexity index is 307. The molecule has 1 fully saturated rings. The number of amides is 1. The number of thioether (sulfide) groups is 1. The van der Waals surface area contributed by atoms with Crippen LogP contribution >= 0.6 is 11.8 Å². The predicted octanol–water partition coefficient (Wildman–Crippen LogP) is 2.40. The monoisotopic (exact) mass is 256 g/mol. The Morgan fingerprint density at radius 1 is 1.59 bits per heavy atom. The lowest BCUT2D eigenvalue weighted by molar-refractivity contribution is 0.0517. The third kappa shape index (κ3) is 5.31. The molecular weight excluding hydrogens is 236 g/mol. The molecule has 96 valence electrons. The number of nitrogens with one attached hydrogen (secondary N) is 1. The highest BCUT2D eigenvalue weighted by Gasteiger charge is 2.26. The van der Waals surface area contributed by atoms with E-state index in [2.05, 4.69) is 11.4 Å². The molecule has 1 amide bonds. The Labute approximate surface area is 107 Å². The third-order valence-electron chi connectivity index (χ3n) is 2.55. The van der Waals surface area contributed by atoms with Crippen molar-refractivity contribution in [2.75, 3.05) is 18.1 Å². The first-order valence-corrected chi connectivity index (χ1v) is 7.02. The van der Waals surface area contributed by atoms with Crippen LogP contribution in [0.3, 0.4) is 0 Å².